The van der Waals surface area contributed by atoms with Crippen LogP contribution in [0.4, 0.5) is 13.2 Å². The summed E-state index contributed by atoms with van der Waals surface area (Å²) in [4.78, 5) is 14.6. The molecule has 34 heavy (non-hydrogen) atoms. The Balaban J connectivity index is 1.11. The molecule has 0 aromatic heterocycles. The second-order valence-electron chi connectivity index (χ2n) is 10.1. The van der Waals surface area contributed by atoms with Gasteiger partial charge in [-0.3, -0.25) is 9.69 Å². The Morgan fingerprint density at radius 3 is 2.59 bits per heavy atom. The van der Waals surface area contributed by atoms with Gasteiger partial charge in [-0.15, -0.1) is 0 Å². The molecule has 0 radical (unpaired) electrons. The number of carbonyl (C=O) groups is 1. The SMILES string of the molecule is C[C@H](NC(=O)C1CC(F)C1)c1ccc(CN2CCc3cc(OCC4CC4(F)F)ccc3C2)cc1. The molecule has 1 amide bonds. The maximum atomic E-state index is 13.0. The number of hydrogen-bond acceptors (Lipinski definition) is 3. The van der Waals surface area contributed by atoms with Gasteiger partial charge in [-0.25, -0.2) is 13.2 Å². The average Bonchev–Trinajstić information content (AvgIpc) is 3.42. The highest BCUT2D eigenvalue weighted by Gasteiger charge is 2.57. The molecule has 2 aliphatic carbocycles. The number of amides is 1. The van der Waals surface area contributed by atoms with E-state index in [-0.39, 0.29) is 30.9 Å². The van der Waals surface area contributed by atoms with Crippen molar-refractivity contribution in [1.82, 2.24) is 10.2 Å². The largest absolute Gasteiger partial charge is 0.493 e. The average molecular weight is 473 g/mol. The zero-order valence-electron chi connectivity index (χ0n) is 19.4. The highest BCUT2D eigenvalue weighted by molar-refractivity contribution is 5.80. The van der Waals surface area contributed by atoms with Crippen LogP contribution in [-0.4, -0.2) is 36.1 Å². The standard InChI is InChI=1S/C27H31F3N2O2/c1-17(31-26(33)22-10-24(28)11-22)19-4-2-18(3-5-19)14-32-9-8-20-12-25(7-6-21(20)15-32)34-16-23-13-27(23,29)30/h2-7,12,17,22-24H,8-11,13-16H2,1H3,(H,31,33)/t17-,22?,23?,24?/m0/s1. The summed E-state index contributed by atoms with van der Waals surface area (Å²) in [7, 11) is 0. The molecule has 7 heteroatoms. The summed E-state index contributed by atoms with van der Waals surface area (Å²) < 4.78 is 44.7. The maximum absolute atomic E-state index is 13.0. The van der Waals surface area contributed by atoms with Gasteiger partial charge in [-0.1, -0.05) is 30.3 Å². The maximum Gasteiger partial charge on any atom is 0.255 e. The number of carbonyl (C=O) groups excluding carboxylic acids is 1. The fraction of sp³-hybridized carbons (Fsp3) is 0.519. The monoisotopic (exact) mass is 472 g/mol. The van der Waals surface area contributed by atoms with Gasteiger partial charge >= 0.3 is 0 Å². The number of benzene rings is 2. The molecule has 2 saturated carbocycles. The lowest BCUT2D eigenvalue weighted by atomic mass is 9.82. The van der Waals surface area contributed by atoms with Crippen molar-refractivity contribution in [1.29, 1.82) is 0 Å². The molecule has 0 bridgehead atoms. The topological polar surface area (TPSA) is 41.6 Å². The Bertz CT molecular complexity index is 1040. The molecule has 0 saturated heterocycles. The molecule has 182 valence electrons. The van der Waals surface area contributed by atoms with Crippen molar-refractivity contribution < 1.29 is 22.7 Å². The van der Waals surface area contributed by atoms with Crippen LogP contribution in [0.1, 0.15) is 54.5 Å². The molecule has 3 aliphatic rings. The lowest BCUT2D eigenvalue weighted by Crippen LogP contribution is -2.40. The van der Waals surface area contributed by atoms with Crippen molar-refractivity contribution in [3.63, 3.8) is 0 Å². The van der Waals surface area contributed by atoms with E-state index in [0.717, 1.165) is 31.6 Å². The second-order valence-corrected chi connectivity index (χ2v) is 10.1. The van der Waals surface area contributed by atoms with E-state index in [1.165, 1.54) is 16.7 Å². The molecule has 1 heterocycles. The minimum absolute atomic E-state index is 0.0588. The van der Waals surface area contributed by atoms with Gasteiger partial charge in [-0.2, -0.15) is 0 Å². The van der Waals surface area contributed by atoms with Crippen LogP contribution in [0.25, 0.3) is 0 Å². The van der Waals surface area contributed by atoms with Gasteiger partial charge in [-0.05, 0) is 60.6 Å². The van der Waals surface area contributed by atoms with Crippen LogP contribution in [0.5, 0.6) is 5.75 Å². The van der Waals surface area contributed by atoms with Crippen LogP contribution in [-0.2, 0) is 24.3 Å². The molecular weight excluding hydrogens is 441 g/mol. The van der Waals surface area contributed by atoms with Gasteiger partial charge < -0.3 is 10.1 Å². The number of hydrogen-bond donors (Lipinski definition) is 1. The first-order valence-electron chi connectivity index (χ1n) is 12.1. The van der Waals surface area contributed by atoms with Crippen molar-refractivity contribution >= 4 is 5.91 Å². The number of ether oxygens (including phenoxy) is 1. The molecule has 1 unspecified atom stereocenters. The molecule has 2 fully saturated rings. The van der Waals surface area contributed by atoms with Gasteiger partial charge in [0.2, 0.25) is 5.91 Å². The molecule has 1 aliphatic heterocycles. The Labute approximate surface area is 198 Å². The Morgan fingerprint density at radius 2 is 1.91 bits per heavy atom. The molecule has 1 N–H and O–H groups in total. The fourth-order valence-corrected chi connectivity index (χ4v) is 4.81. The molecular formula is C27H31F3N2O2. The highest BCUT2D eigenvalue weighted by atomic mass is 19.3. The van der Waals surface area contributed by atoms with E-state index < -0.39 is 18.0 Å². The van der Waals surface area contributed by atoms with Gasteiger partial charge in [0.25, 0.3) is 5.92 Å². The van der Waals surface area contributed by atoms with Crippen LogP contribution >= 0.6 is 0 Å². The summed E-state index contributed by atoms with van der Waals surface area (Å²) in [5.74, 6) is -2.76. The number of alkyl halides is 3. The first-order chi connectivity index (χ1) is 16.3. The van der Waals surface area contributed by atoms with Crippen molar-refractivity contribution in [2.45, 2.75) is 63.8 Å². The van der Waals surface area contributed by atoms with Gasteiger partial charge in [0, 0.05) is 32.0 Å². The smallest absolute Gasteiger partial charge is 0.255 e. The predicted molar refractivity (Wildman–Crippen MR) is 123 cm³/mol. The first-order valence-corrected chi connectivity index (χ1v) is 12.1. The summed E-state index contributed by atoms with van der Waals surface area (Å²) >= 11 is 0. The van der Waals surface area contributed by atoms with E-state index in [9.17, 15) is 18.0 Å². The Kier molecular flexibility index (Phi) is 6.32. The lowest BCUT2D eigenvalue weighted by molar-refractivity contribution is -0.130. The number of rotatable bonds is 8. The molecule has 5 rings (SSSR count). The minimum atomic E-state index is -2.55. The minimum Gasteiger partial charge on any atom is -0.493 e. The molecule has 2 aromatic rings. The van der Waals surface area contributed by atoms with Crippen molar-refractivity contribution in [3.05, 3.63) is 64.7 Å². The molecule has 4 nitrogen and oxygen atoms in total. The third-order valence-corrected chi connectivity index (χ3v) is 7.37. The lowest BCUT2D eigenvalue weighted by Gasteiger charge is -2.30. The summed E-state index contributed by atoms with van der Waals surface area (Å²) in [6, 6.07) is 14.1. The van der Waals surface area contributed by atoms with Crippen LogP contribution in [0.15, 0.2) is 42.5 Å². The van der Waals surface area contributed by atoms with E-state index in [0.29, 0.717) is 18.6 Å². The summed E-state index contributed by atoms with van der Waals surface area (Å²) in [6.45, 7) is 4.61. The predicted octanol–water partition coefficient (Wildman–Crippen LogP) is 5.20. The molecule has 2 aromatic carbocycles. The zero-order chi connectivity index (χ0) is 23.9. The van der Waals surface area contributed by atoms with Crippen LogP contribution in [0.2, 0.25) is 0 Å². The highest BCUT2D eigenvalue weighted by Crippen LogP contribution is 2.48. The van der Waals surface area contributed by atoms with E-state index in [4.69, 9.17) is 4.74 Å². The van der Waals surface area contributed by atoms with Gasteiger partial charge in [0.05, 0.1) is 18.6 Å². The van der Waals surface area contributed by atoms with Crippen molar-refractivity contribution in [2.24, 2.45) is 11.8 Å². The van der Waals surface area contributed by atoms with Crippen molar-refractivity contribution in [3.8, 4) is 5.75 Å². The summed E-state index contributed by atoms with van der Waals surface area (Å²) in [5.41, 5.74) is 4.71. The quantitative estimate of drug-likeness (QED) is 0.574. The molecule has 0 spiro atoms. The molecule has 2 atom stereocenters. The van der Waals surface area contributed by atoms with Crippen LogP contribution in [0.3, 0.4) is 0 Å². The van der Waals surface area contributed by atoms with E-state index in [1.807, 2.05) is 37.3 Å². The number of nitrogens with zero attached hydrogens (tertiary/aromatic N) is 1. The van der Waals surface area contributed by atoms with Gasteiger partial charge in [0.15, 0.2) is 0 Å². The second kappa shape index (κ2) is 9.25. The number of nitrogens with one attached hydrogen (secondary N) is 1. The Hall–Kier alpha value is -2.54. The number of halogens is 3. The van der Waals surface area contributed by atoms with Crippen molar-refractivity contribution in [2.75, 3.05) is 13.2 Å². The van der Waals surface area contributed by atoms with E-state index in [2.05, 4.69) is 22.3 Å². The van der Waals surface area contributed by atoms with E-state index in [1.54, 1.807) is 0 Å². The van der Waals surface area contributed by atoms with E-state index >= 15 is 0 Å². The third-order valence-electron chi connectivity index (χ3n) is 7.37. The first kappa shape index (κ1) is 23.2. The summed E-state index contributed by atoms with van der Waals surface area (Å²) in [5, 5.41) is 2.99. The third kappa shape index (κ3) is 5.24. The van der Waals surface area contributed by atoms with Crippen LogP contribution in [0, 0.1) is 11.8 Å². The van der Waals surface area contributed by atoms with Gasteiger partial charge in [0.1, 0.15) is 11.9 Å². The summed E-state index contributed by atoms with van der Waals surface area (Å²) in [6.07, 6.45) is 0.677. The normalized spacial score (nSPS) is 26.2. The zero-order valence-corrected chi connectivity index (χ0v) is 19.4. The van der Waals surface area contributed by atoms with Crippen LogP contribution < -0.4 is 10.1 Å². The fourth-order valence-electron chi connectivity index (χ4n) is 4.81. The number of fused-ring (bicyclic) bond motifs is 1. The Morgan fingerprint density at radius 1 is 1.18 bits per heavy atom.